The standard InChI is InChI=1S/C12H13N5S3/c1-3-7-5-8-9(19-7)15-11(13-4-2)16-10(8)20-12-17-14-6-18-12/h5-6H,3-4H2,1-2H3,(H,13,15,16). The van der Waals surface area contributed by atoms with Crippen LogP contribution in [0.4, 0.5) is 5.95 Å². The fourth-order valence-corrected chi connectivity index (χ4v) is 4.24. The Morgan fingerprint density at radius 3 is 2.90 bits per heavy atom. The summed E-state index contributed by atoms with van der Waals surface area (Å²) in [6.07, 6.45) is 1.01. The second-order valence-corrected chi connectivity index (χ2v) is 7.16. The molecule has 0 aliphatic rings. The van der Waals surface area contributed by atoms with E-state index in [4.69, 9.17) is 0 Å². The number of aryl methyl sites for hydroxylation is 1. The predicted molar refractivity (Wildman–Crippen MR) is 85.0 cm³/mol. The van der Waals surface area contributed by atoms with Gasteiger partial charge in [-0.1, -0.05) is 18.3 Å². The summed E-state index contributed by atoms with van der Waals surface area (Å²) < 4.78 is 0.900. The summed E-state index contributed by atoms with van der Waals surface area (Å²) in [6, 6.07) is 2.18. The Morgan fingerprint density at radius 1 is 1.30 bits per heavy atom. The molecular weight excluding hydrogens is 310 g/mol. The first kappa shape index (κ1) is 13.7. The highest BCUT2D eigenvalue weighted by Crippen LogP contribution is 2.36. The Hall–Kier alpha value is -1.25. The average molecular weight is 323 g/mol. The first-order valence-corrected chi connectivity index (χ1v) is 8.79. The third-order valence-electron chi connectivity index (χ3n) is 2.62. The Bertz CT molecular complexity index is 707. The molecule has 0 aliphatic heterocycles. The van der Waals surface area contributed by atoms with E-state index in [1.165, 1.54) is 16.2 Å². The Balaban J connectivity index is 2.08. The van der Waals surface area contributed by atoms with Crippen LogP contribution in [0.5, 0.6) is 0 Å². The lowest BCUT2D eigenvalue weighted by Gasteiger charge is -2.04. The first-order chi connectivity index (χ1) is 9.80. The highest BCUT2D eigenvalue weighted by Gasteiger charge is 2.13. The zero-order chi connectivity index (χ0) is 13.9. The Morgan fingerprint density at radius 2 is 2.20 bits per heavy atom. The SMILES string of the molecule is CCNc1nc(Sc2nncs2)c2cc(CC)sc2n1. The van der Waals surface area contributed by atoms with E-state index in [0.29, 0.717) is 5.95 Å². The number of hydrogen-bond acceptors (Lipinski definition) is 8. The van der Waals surface area contributed by atoms with E-state index in [-0.39, 0.29) is 0 Å². The zero-order valence-corrected chi connectivity index (χ0v) is 13.5. The lowest BCUT2D eigenvalue weighted by molar-refractivity contribution is 1.00. The Kier molecular flexibility index (Phi) is 4.13. The molecule has 0 radical (unpaired) electrons. The summed E-state index contributed by atoms with van der Waals surface area (Å²) in [5.41, 5.74) is 1.73. The zero-order valence-electron chi connectivity index (χ0n) is 11.1. The van der Waals surface area contributed by atoms with Crippen LogP contribution >= 0.6 is 34.4 Å². The van der Waals surface area contributed by atoms with Crippen molar-refractivity contribution in [1.82, 2.24) is 20.2 Å². The van der Waals surface area contributed by atoms with Crippen LogP contribution in [0, 0.1) is 0 Å². The van der Waals surface area contributed by atoms with Gasteiger partial charge in [0.15, 0.2) is 4.34 Å². The normalized spacial score (nSPS) is 11.1. The van der Waals surface area contributed by atoms with Crippen molar-refractivity contribution in [3.8, 4) is 0 Å². The predicted octanol–water partition coefficient (Wildman–Crippen LogP) is 3.69. The molecule has 8 heteroatoms. The molecular formula is C12H13N5S3. The lowest BCUT2D eigenvalue weighted by Crippen LogP contribution is -2.02. The summed E-state index contributed by atoms with van der Waals surface area (Å²) in [6.45, 7) is 5.00. The summed E-state index contributed by atoms with van der Waals surface area (Å²) in [7, 11) is 0. The number of fused-ring (bicyclic) bond motifs is 1. The van der Waals surface area contributed by atoms with E-state index in [0.717, 1.165) is 32.5 Å². The van der Waals surface area contributed by atoms with Gasteiger partial charge in [0.2, 0.25) is 5.95 Å². The number of nitrogens with one attached hydrogen (secondary N) is 1. The van der Waals surface area contributed by atoms with Gasteiger partial charge in [-0.05, 0) is 31.2 Å². The van der Waals surface area contributed by atoms with Crippen LogP contribution in [0.3, 0.4) is 0 Å². The second-order valence-electron chi connectivity index (χ2n) is 3.97. The molecule has 0 bridgehead atoms. The molecule has 0 fully saturated rings. The van der Waals surface area contributed by atoms with E-state index < -0.39 is 0 Å². The van der Waals surface area contributed by atoms with Gasteiger partial charge >= 0.3 is 0 Å². The van der Waals surface area contributed by atoms with Gasteiger partial charge in [0.05, 0.1) is 0 Å². The molecule has 0 aliphatic carbocycles. The minimum Gasteiger partial charge on any atom is -0.354 e. The van der Waals surface area contributed by atoms with Crippen molar-refractivity contribution in [2.45, 2.75) is 29.6 Å². The highest BCUT2D eigenvalue weighted by atomic mass is 32.2. The molecule has 0 spiro atoms. The molecule has 3 aromatic rings. The number of nitrogens with zero attached hydrogens (tertiary/aromatic N) is 4. The van der Waals surface area contributed by atoms with Crippen molar-refractivity contribution in [2.24, 2.45) is 0 Å². The summed E-state index contributed by atoms with van der Waals surface area (Å²) in [5, 5.41) is 13.2. The quantitative estimate of drug-likeness (QED) is 0.723. The van der Waals surface area contributed by atoms with Crippen LogP contribution in [0.2, 0.25) is 0 Å². The number of rotatable bonds is 5. The van der Waals surface area contributed by atoms with E-state index in [2.05, 4.69) is 38.5 Å². The smallest absolute Gasteiger partial charge is 0.225 e. The maximum atomic E-state index is 4.60. The maximum Gasteiger partial charge on any atom is 0.225 e. The van der Waals surface area contributed by atoms with Gasteiger partial charge in [-0.3, -0.25) is 0 Å². The van der Waals surface area contributed by atoms with Gasteiger partial charge < -0.3 is 5.32 Å². The molecule has 3 aromatic heterocycles. The van der Waals surface area contributed by atoms with Gasteiger partial charge in [-0.2, -0.15) is 0 Å². The van der Waals surface area contributed by atoms with Gasteiger partial charge in [-0.25, -0.2) is 9.97 Å². The molecule has 0 atom stereocenters. The van der Waals surface area contributed by atoms with Crippen LogP contribution in [0.1, 0.15) is 18.7 Å². The molecule has 20 heavy (non-hydrogen) atoms. The number of anilines is 1. The van der Waals surface area contributed by atoms with E-state index >= 15 is 0 Å². The summed E-state index contributed by atoms with van der Waals surface area (Å²) in [5.74, 6) is 0.677. The first-order valence-electron chi connectivity index (χ1n) is 6.28. The minimum absolute atomic E-state index is 0.677. The fraction of sp³-hybridized carbons (Fsp3) is 0.333. The molecule has 0 unspecified atom stereocenters. The minimum atomic E-state index is 0.677. The molecule has 5 nitrogen and oxygen atoms in total. The fourth-order valence-electron chi connectivity index (χ4n) is 1.72. The molecule has 3 rings (SSSR count). The average Bonchev–Trinajstić information content (AvgIpc) is 3.07. The van der Waals surface area contributed by atoms with E-state index in [1.54, 1.807) is 28.6 Å². The molecule has 0 amide bonds. The molecule has 0 saturated carbocycles. The maximum absolute atomic E-state index is 4.60. The number of hydrogen-bond donors (Lipinski definition) is 1. The van der Waals surface area contributed by atoms with E-state index in [9.17, 15) is 0 Å². The third kappa shape index (κ3) is 2.77. The van der Waals surface area contributed by atoms with E-state index in [1.807, 2.05) is 6.92 Å². The van der Waals surface area contributed by atoms with Crippen LogP contribution in [0.15, 0.2) is 20.9 Å². The third-order valence-corrected chi connectivity index (χ3v) is 5.57. The van der Waals surface area contributed by atoms with Crippen LogP contribution in [-0.4, -0.2) is 26.7 Å². The van der Waals surface area contributed by atoms with Gasteiger partial charge in [-0.15, -0.1) is 21.5 Å². The van der Waals surface area contributed by atoms with Crippen molar-refractivity contribution in [2.75, 3.05) is 11.9 Å². The Labute approximate surface area is 128 Å². The molecule has 0 saturated heterocycles. The van der Waals surface area contributed by atoms with Crippen molar-refractivity contribution >= 4 is 50.6 Å². The second kappa shape index (κ2) is 6.02. The van der Waals surface area contributed by atoms with Crippen molar-refractivity contribution in [1.29, 1.82) is 0 Å². The summed E-state index contributed by atoms with van der Waals surface area (Å²) >= 11 is 4.80. The van der Waals surface area contributed by atoms with Crippen molar-refractivity contribution in [3.63, 3.8) is 0 Å². The molecule has 1 N–H and O–H groups in total. The number of aromatic nitrogens is 4. The van der Waals surface area contributed by atoms with Crippen LogP contribution in [0.25, 0.3) is 10.2 Å². The summed E-state index contributed by atoms with van der Waals surface area (Å²) in [4.78, 5) is 11.5. The molecule has 104 valence electrons. The van der Waals surface area contributed by atoms with Crippen molar-refractivity contribution < 1.29 is 0 Å². The van der Waals surface area contributed by atoms with Crippen LogP contribution < -0.4 is 5.32 Å². The molecule has 0 aromatic carbocycles. The van der Waals surface area contributed by atoms with Gasteiger partial charge in [0, 0.05) is 16.8 Å². The monoisotopic (exact) mass is 323 g/mol. The van der Waals surface area contributed by atoms with Gasteiger partial charge in [0.25, 0.3) is 0 Å². The lowest BCUT2D eigenvalue weighted by atomic mass is 10.3. The van der Waals surface area contributed by atoms with Gasteiger partial charge in [0.1, 0.15) is 15.4 Å². The largest absolute Gasteiger partial charge is 0.354 e. The highest BCUT2D eigenvalue weighted by molar-refractivity contribution is 8.01. The number of thiophene rings is 1. The van der Waals surface area contributed by atoms with Crippen molar-refractivity contribution in [3.05, 3.63) is 16.5 Å². The van der Waals surface area contributed by atoms with Crippen LogP contribution in [-0.2, 0) is 6.42 Å². The molecule has 3 heterocycles. The topological polar surface area (TPSA) is 63.6 Å².